The Balaban J connectivity index is 1.96. The van der Waals surface area contributed by atoms with Crippen molar-refractivity contribution in [1.29, 1.82) is 0 Å². The van der Waals surface area contributed by atoms with Crippen LogP contribution >= 0.6 is 0 Å². The maximum atomic E-state index is 5.93. The molecule has 1 heterocycles. The van der Waals surface area contributed by atoms with Crippen molar-refractivity contribution in [3.05, 3.63) is 12.2 Å². The molecule has 3 nitrogen and oxygen atoms in total. The van der Waals surface area contributed by atoms with E-state index >= 15 is 0 Å². The van der Waals surface area contributed by atoms with Crippen LogP contribution in [-0.4, -0.2) is 38.5 Å². The molecule has 0 aromatic heterocycles. The van der Waals surface area contributed by atoms with Gasteiger partial charge in [-0.2, -0.15) is 0 Å². The predicted octanol–water partition coefficient (Wildman–Crippen LogP) is 2.52. The zero-order chi connectivity index (χ0) is 12.6. The second-order valence-electron chi connectivity index (χ2n) is 5.28. The van der Waals surface area contributed by atoms with Crippen molar-refractivity contribution >= 4 is 0 Å². The van der Waals surface area contributed by atoms with E-state index in [9.17, 15) is 0 Å². The average Bonchev–Trinajstić information content (AvgIpc) is 2.62. The van der Waals surface area contributed by atoms with Crippen LogP contribution in [-0.2, 0) is 9.47 Å². The third-order valence-corrected chi connectivity index (χ3v) is 3.09. The van der Waals surface area contributed by atoms with Gasteiger partial charge in [-0.1, -0.05) is 12.2 Å². The molecule has 1 fully saturated rings. The van der Waals surface area contributed by atoms with Crippen molar-refractivity contribution in [2.24, 2.45) is 0 Å². The van der Waals surface area contributed by atoms with Crippen molar-refractivity contribution in [3.8, 4) is 0 Å². The second kappa shape index (κ2) is 7.85. The first kappa shape index (κ1) is 14.7. The molecule has 17 heavy (non-hydrogen) atoms. The minimum atomic E-state index is 0.0974. The van der Waals surface area contributed by atoms with Gasteiger partial charge >= 0.3 is 0 Å². The molecule has 0 spiro atoms. The Hall–Kier alpha value is -0.380. The third-order valence-electron chi connectivity index (χ3n) is 3.09. The van der Waals surface area contributed by atoms with Crippen LogP contribution in [0.4, 0.5) is 0 Å². The summed E-state index contributed by atoms with van der Waals surface area (Å²) >= 11 is 0. The number of nitrogens with one attached hydrogen (secondary N) is 1. The highest BCUT2D eigenvalue weighted by atomic mass is 16.5. The SMILES string of the molecule is COCCNCC/C=C/CC1CCC(C)(C)O1. The van der Waals surface area contributed by atoms with Crippen molar-refractivity contribution in [2.45, 2.75) is 51.2 Å². The van der Waals surface area contributed by atoms with Crippen molar-refractivity contribution in [2.75, 3.05) is 26.8 Å². The lowest BCUT2D eigenvalue weighted by atomic mass is 10.0. The van der Waals surface area contributed by atoms with Crippen molar-refractivity contribution in [1.82, 2.24) is 5.32 Å². The number of ether oxygens (including phenoxy) is 2. The summed E-state index contributed by atoms with van der Waals surface area (Å²) in [6.45, 7) is 7.10. The van der Waals surface area contributed by atoms with E-state index in [-0.39, 0.29) is 5.60 Å². The predicted molar refractivity (Wildman–Crippen MR) is 71.3 cm³/mol. The zero-order valence-corrected chi connectivity index (χ0v) is 11.5. The van der Waals surface area contributed by atoms with Gasteiger partial charge in [0.2, 0.25) is 0 Å². The molecular formula is C14H27NO2. The Labute approximate surface area is 106 Å². The standard InChI is InChI=1S/C14H27NO2/c1-14(2)9-8-13(17-14)7-5-4-6-10-15-11-12-16-3/h4-5,13,15H,6-12H2,1-3H3/b5-4+. The molecule has 0 saturated carbocycles. The summed E-state index contributed by atoms with van der Waals surface area (Å²) in [6.07, 6.45) is 9.45. The average molecular weight is 241 g/mol. The highest BCUT2D eigenvalue weighted by molar-refractivity contribution is 4.89. The minimum Gasteiger partial charge on any atom is -0.383 e. The molecule has 0 amide bonds. The summed E-state index contributed by atoms with van der Waals surface area (Å²) in [4.78, 5) is 0. The second-order valence-corrected chi connectivity index (χ2v) is 5.28. The molecule has 1 aliphatic heterocycles. The molecule has 1 aliphatic rings. The van der Waals surface area contributed by atoms with Gasteiger partial charge in [-0.3, -0.25) is 0 Å². The van der Waals surface area contributed by atoms with E-state index in [0.717, 1.165) is 32.5 Å². The summed E-state index contributed by atoms with van der Waals surface area (Å²) in [5.41, 5.74) is 0.0974. The smallest absolute Gasteiger partial charge is 0.0631 e. The molecule has 1 rings (SSSR count). The first-order valence-corrected chi connectivity index (χ1v) is 6.66. The van der Waals surface area contributed by atoms with Gasteiger partial charge in [0.15, 0.2) is 0 Å². The molecule has 0 aliphatic carbocycles. The lowest BCUT2D eigenvalue weighted by Gasteiger charge is -2.18. The fraction of sp³-hybridized carbons (Fsp3) is 0.857. The van der Waals surface area contributed by atoms with Gasteiger partial charge < -0.3 is 14.8 Å². The molecule has 1 atom stereocenters. The number of methoxy groups -OCH3 is 1. The molecule has 0 bridgehead atoms. The highest BCUT2D eigenvalue weighted by Crippen LogP contribution is 2.30. The Morgan fingerprint density at radius 3 is 2.82 bits per heavy atom. The fourth-order valence-electron chi connectivity index (χ4n) is 2.09. The molecule has 3 heteroatoms. The first-order valence-electron chi connectivity index (χ1n) is 6.66. The molecular weight excluding hydrogens is 214 g/mol. The summed E-state index contributed by atoms with van der Waals surface area (Å²) < 4.78 is 10.9. The van der Waals surface area contributed by atoms with Gasteiger partial charge in [0.25, 0.3) is 0 Å². The van der Waals surface area contributed by atoms with Crippen LogP contribution in [0.15, 0.2) is 12.2 Å². The molecule has 0 aromatic rings. The van der Waals surface area contributed by atoms with Crippen molar-refractivity contribution < 1.29 is 9.47 Å². The zero-order valence-electron chi connectivity index (χ0n) is 11.5. The van der Waals surface area contributed by atoms with Gasteiger partial charge in [0.05, 0.1) is 18.3 Å². The monoisotopic (exact) mass is 241 g/mol. The topological polar surface area (TPSA) is 30.5 Å². The van der Waals surface area contributed by atoms with Gasteiger partial charge in [0, 0.05) is 13.7 Å². The molecule has 1 saturated heterocycles. The molecule has 0 aromatic carbocycles. The fourth-order valence-corrected chi connectivity index (χ4v) is 2.09. The first-order chi connectivity index (χ1) is 8.14. The van der Waals surface area contributed by atoms with E-state index in [2.05, 4.69) is 31.3 Å². The van der Waals surface area contributed by atoms with Gasteiger partial charge in [-0.15, -0.1) is 0 Å². The Morgan fingerprint density at radius 2 is 2.18 bits per heavy atom. The van der Waals surface area contributed by atoms with Gasteiger partial charge in [-0.05, 0) is 46.1 Å². The quantitative estimate of drug-likeness (QED) is 0.523. The van der Waals surface area contributed by atoms with E-state index in [1.165, 1.54) is 12.8 Å². The van der Waals surface area contributed by atoms with Gasteiger partial charge in [0.1, 0.15) is 0 Å². The van der Waals surface area contributed by atoms with Crippen LogP contribution < -0.4 is 5.32 Å². The normalized spacial score (nSPS) is 23.6. The lowest BCUT2D eigenvalue weighted by molar-refractivity contribution is -0.0134. The minimum absolute atomic E-state index is 0.0974. The van der Waals surface area contributed by atoms with Crippen LogP contribution in [0.5, 0.6) is 0 Å². The van der Waals surface area contributed by atoms with Crippen LogP contribution in [0.2, 0.25) is 0 Å². The number of rotatable bonds is 8. The molecule has 100 valence electrons. The third kappa shape index (κ3) is 6.81. The Bertz CT molecular complexity index is 226. The number of hydrogen-bond acceptors (Lipinski definition) is 3. The maximum Gasteiger partial charge on any atom is 0.0631 e. The maximum absolute atomic E-state index is 5.93. The highest BCUT2D eigenvalue weighted by Gasteiger charge is 2.30. The molecule has 1 N–H and O–H groups in total. The van der Waals surface area contributed by atoms with E-state index < -0.39 is 0 Å². The Kier molecular flexibility index (Phi) is 6.78. The Morgan fingerprint density at radius 1 is 1.35 bits per heavy atom. The summed E-state index contributed by atoms with van der Waals surface area (Å²) in [5, 5.41) is 3.32. The van der Waals surface area contributed by atoms with E-state index in [4.69, 9.17) is 9.47 Å². The molecule has 0 radical (unpaired) electrons. The van der Waals surface area contributed by atoms with Crippen LogP contribution in [0.1, 0.15) is 39.5 Å². The van der Waals surface area contributed by atoms with Gasteiger partial charge in [-0.25, -0.2) is 0 Å². The van der Waals surface area contributed by atoms with E-state index in [0.29, 0.717) is 6.10 Å². The van der Waals surface area contributed by atoms with E-state index in [1.54, 1.807) is 7.11 Å². The lowest BCUT2D eigenvalue weighted by Crippen LogP contribution is -2.20. The molecule has 1 unspecified atom stereocenters. The van der Waals surface area contributed by atoms with E-state index in [1.807, 2.05) is 0 Å². The van der Waals surface area contributed by atoms with Crippen LogP contribution in [0.25, 0.3) is 0 Å². The summed E-state index contributed by atoms with van der Waals surface area (Å²) in [7, 11) is 1.73. The van der Waals surface area contributed by atoms with Crippen LogP contribution in [0.3, 0.4) is 0 Å². The summed E-state index contributed by atoms with van der Waals surface area (Å²) in [5.74, 6) is 0. The number of hydrogen-bond donors (Lipinski definition) is 1. The summed E-state index contributed by atoms with van der Waals surface area (Å²) in [6, 6.07) is 0. The van der Waals surface area contributed by atoms with Crippen LogP contribution in [0, 0.1) is 0 Å². The largest absolute Gasteiger partial charge is 0.383 e. The van der Waals surface area contributed by atoms with Crippen molar-refractivity contribution in [3.63, 3.8) is 0 Å².